The fourth-order valence-electron chi connectivity index (χ4n) is 2.95. The topological polar surface area (TPSA) is 3.24 Å². The first kappa shape index (κ1) is 12.9. The lowest BCUT2D eigenvalue weighted by molar-refractivity contribution is 1.27. The smallest absolute Gasteiger partial charge is 0.0534 e. The second-order valence-electron chi connectivity index (χ2n) is 5.62. The van der Waals surface area contributed by atoms with Gasteiger partial charge in [-0.05, 0) is 42.3 Å². The van der Waals surface area contributed by atoms with Crippen molar-refractivity contribution in [2.24, 2.45) is 0 Å². The second-order valence-corrected chi connectivity index (χ2v) is 5.62. The van der Waals surface area contributed by atoms with E-state index in [1.807, 2.05) is 0 Å². The highest BCUT2D eigenvalue weighted by Gasteiger charge is 2.18. The summed E-state index contributed by atoms with van der Waals surface area (Å²) in [6, 6.07) is 25.8. The largest absolute Gasteiger partial charge is 0.309 e. The van der Waals surface area contributed by atoms with Crippen molar-refractivity contribution in [1.82, 2.24) is 0 Å². The van der Waals surface area contributed by atoms with E-state index in [0.717, 1.165) is 0 Å². The Kier molecular flexibility index (Phi) is 3.05. The Labute approximate surface area is 131 Å². The summed E-state index contributed by atoms with van der Waals surface area (Å²) < 4.78 is 0. The van der Waals surface area contributed by atoms with Gasteiger partial charge in [-0.1, -0.05) is 66.2 Å². The van der Waals surface area contributed by atoms with E-state index in [1.54, 1.807) is 0 Å². The molecular weight excluding hydrogens is 266 g/mol. The number of anilines is 3. The minimum Gasteiger partial charge on any atom is -0.309 e. The minimum atomic E-state index is 1.19. The number of aryl methyl sites for hydroxylation is 1. The molecule has 0 fully saturated rings. The fourth-order valence-corrected chi connectivity index (χ4v) is 2.95. The summed E-state index contributed by atoms with van der Waals surface area (Å²) in [6.45, 7) is 2.12. The molecule has 0 aromatic heterocycles. The van der Waals surface area contributed by atoms with Gasteiger partial charge in [0.1, 0.15) is 0 Å². The first-order valence-electron chi connectivity index (χ1n) is 7.56. The van der Waals surface area contributed by atoms with E-state index in [0.29, 0.717) is 0 Å². The molecule has 0 bridgehead atoms. The lowest BCUT2D eigenvalue weighted by atomic mass is 10.1. The van der Waals surface area contributed by atoms with Gasteiger partial charge in [0.05, 0.1) is 11.4 Å². The molecule has 0 radical (unpaired) electrons. The second kappa shape index (κ2) is 5.19. The monoisotopic (exact) mass is 283 g/mol. The highest BCUT2D eigenvalue weighted by atomic mass is 15.1. The maximum absolute atomic E-state index is 2.34. The van der Waals surface area contributed by atoms with Crippen molar-refractivity contribution < 1.29 is 0 Å². The van der Waals surface area contributed by atoms with Crippen LogP contribution in [0.5, 0.6) is 0 Å². The van der Waals surface area contributed by atoms with E-state index in [9.17, 15) is 0 Å². The SMILES string of the molecule is Cc1ccc(N2c3ccccc3C=Cc3ccccc32)cc1. The molecule has 0 unspecified atom stereocenters. The molecule has 1 aliphatic heterocycles. The molecule has 1 nitrogen and oxygen atoms in total. The summed E-state index contributed by atoms with van der Waals surface area (Å²) in [5.41, 5.74) is 7.37. The highest BCUT2D eigenvalue weighted by molar-refractivity contribution is 5.93. The number of para-hydroxylation sites is 2. The number of benzene rings is 3. The van der Waals surface area contributed by atoms with Crippen LogP contribution in [0.3, 0.4) is 0 Å². The minimum absolute atomic E-state index is 1.19. The standard InChI is InChI=1S/C21H17N/c1-16-10-14-19(15-11-16)22-20-8-4-2-6-17(20)12-13-18-7-3-5-9-21(18)22/h2-15H,1H3. The van der Waals surface area contributed by atoms with Gasteiger partial charge in [-0.3, -0.25) is 0 Å². The lowest BCUT2D eigenvalue weighted by Crippen LogP contribution is -2.11. The van der Waals surface area contributed by atoms with E-state index in [2.05, 4.69) is 96.8 Å². The zero-order valence-corrected chi connectivity index (χ0v) is 12.5. The van der Waals surface area contributed by atoms with Gasteiger partial charge in [0, 0.05) is 5.69 Å². The molecule has 0 spiro atoms. The molecule has 0 saturated heterocycles. The Morgan fingerprint density at radius 1 is 0.591 bits per heavy atom. The maximum Gasteiger partial charge on any atom is 0.0534 e. The number of hydrogen-bond acceptors (Lipinski definition) is 1. The van der Waals surface area contributed by atoms with Crippen molar-refractivity contribution in [2.75, 3.05) is 4.90 Å². The van der Waals surface area contributed by atoms with Crippen molar-refractivity contribution in [3.05, 3.63) is 89.5 Å². The molecule has 1 heteroatoms. The average Bonchev–Trinajstić information content (AvgIpc) is 2.73. The van der Waals surface area contributed by atoms with Gasteiger partial charge in [0.15, 0.2) is 0 Å². The quantitative estimate of drug-likeness (QED) is 0.417. The van der Waals surface area contributed by atoms with E-state index in [-0.39, 0.29) is 0 Å². The van der Waals surface area contributed by atoms with E-state index >= 15 is 0 Å². The summed E-state index contributed by atoms with van der Waals surface area (Å²) in [7, 11) is 0. The van der Waals surface area contributed by atoms with Crippen molar-refractivity contribution in [3.63, 3.8) is 0 Å². The Hall–Kier alpha value is -2.80. The molecule has 0 atom stereocenters. The molecular formula is C21H17N. The normalized spacial score (nSPS) is 12.5. The molecule has 106 valence electrons. The van der Waals surface area contributed by atoms with Crippen LogP contribution in [0.4, 0.5) is 17.1 Å². The first-order valence-corrected chi connectivity index (χ1v) is 7.56. The molecule has 1 aliphatic rings. The Morgan fingerprint density at radius 3 is 1.64 bits per heavy atom. The number of hydrogen-bond donors (Lipinski definition) is 0. The van der Waals surface area contributed by atoms with Crippen molar-refractivity contribution in [3.8, 4) is 0 Å². The summed E-state index contributed by atoms with van der Waals surface area (Å²) in [6.07, 6.45) is 4.39. The summed E-state index contributed by atoms with van der Waals surface area (Å²) >= 11 is 0. The summed E-state index contributed by atoms with van der Waals surface area (Å²) in [5.74, 6) is 0. The number of rotatable bonds is 1. The van der Waals surface area contributed by atoms with Gasteiger partial charge >= 0.3 is 0 Å². The zero-order valence-electron chi connectivity index (χ0n) is 12.5. The van der Waals surface area contributed by atoms with Gasteiger partial charge in [0.25, 0.3) is 0 Å². The Morgan fingerprint density at radius 2 is 1.09 bits per heavy atom. The van der Waals surface area contributed by atoms with Gasteiger partial charge in [-0.15, -0.1) is 0 Å². The van der Waals surface area contributed by atoms with Crippen LogP contribution in [0, 0.1) is 6.92 Å². The molecule has 0 amide bonds. The van der Waals surface area contributed by atoms with Crippen molar-refractivity contribution >= 4 is 29.2 Å². The zero-order chi connectivity index (χ0) is 14.9. The van der Waals surface area contributed by atoms with Crippen molar-refractivity contribution in [1.29, 1.82) is 0 Å². The van der Waals surface area contributed by atoms with Crippen LogP contribution >= 0.6 is 0 Å². The van der Waals surface area contributed by atoms with Crippen LogP contribution < -0.4 is 4.90 Å². The van der Waals surface area contributed by atoms with Crippen LogP contribution in [0.1, 0.15) is 16.7 Å². The van der Waals surface area contributed by atoms with Gasteiger partial charge in [0.2, 0.25) is 0 Å². The third kappa shape index (κ3) is 2.11. The van der Waals surface area contributed by atoms with Crippen LogP contribution in [0.2, 0.25) is 0 Å². The van der Waals surface area contributed by atoms with Gasteiger partial charge in [-0.2, -0.15) is 0 Å². The molecule has 0 aliphatic carbocycles. The van der Waals surface area contributed by atoms with Crippen LogP contribution in [0.15, 0.2) is 72.8 Å². The fraction of sp³-hybridized carbons (Fsp3) is 0.0476. The molecule has 3 aromatic carbocycles. The molecule has 4 rings (SSSR count). The third-order valence-corrected chi connectivity index (χ3v) is 4.09. The Bertz CT molecular complexity index is 794. The molecule has 1 heterocycles. The predicted molar refractivity (Wildman–Crippen MR) is 94.8 cm³/mol. The van der Waals surface area contributed by atoms with E-state index in [4.69, 9.17) is 0 Å². The van der Waals surface area contributed by atoms with Gasteiger partial charge in [-0.25, -0.2) is 0 Å². The van der Waals surface area contributed by atoms with Crippen molar-refractivity contribution in [2.45, 2.75) is 6.92 Å². The highest BCUT2D eigenvalue weighted by Crippen LogP contribution is 2.41. The van der Waals surface area contributed by atoms with Crippen LogP contribution in [-0.4, -0.2) is 0 Å². The third-order valence-electron chi connectivity index (χ3n) is 4.09. The molecule has 0 N–H and O–H groups in total. The maximum atomic E-state index is 2.34. The lowest BCUT2D eigenvalue weighted by Gasteiger charge is -2.27. The number of nitrogens with zero attached hydrogens (tertiary/aromatic N) is 1. The summed E-state index contributed by atoms with van der Waals surface area (Å²) in [5, 5.41) is 0. The predicted octanol–water partition coefficient (Wildman–Crippen LogP) is 5.95. The average molecular weight is 283 g/mol. The summed E-state index contributed by atoms with van der Waals surface area (Å²) in [4.78, 5) is 2.34. The number of fused-ring (bicyclic) bond motifs is 2. The molecule has 22 heavy (non-hydrogen) atoms. The molecule has 0 saturated carbocycles. The Balaban J connectivity index is 1.99. The first-order chi connectivity index (χ1) is 10.8. The van der Waals surface area contributed by atoms with Gasteiger partial charge < -0.3 is 4.90 Å². The van der Waals surface area contributed by atoms with E-state index in [1.165, 1.54) is 33.8 Å². The van der Waals surface area contributed by atoms with E-state index < -0.39 is 0 Å². The van der Waals surface area contributed by atoms with Crippen LogP contribution in [0.25, 0.3) is 12.2 Å². The van der Waals surface area contributed by atoms with Crippen LogP contribution in [-0.2, 0) is 0 Å². The molecule has 3 aromatic rings.